The van der Waals surface area contributed by atoms with E-state index in [0.717, 1.165) is 19.3 Å². The maximum Gasteiger partial charge on any atom is 0.336 e. The minimum absolute atomic E-state index is 0.259. The molecule has 0 aromatic rings. The maximum atomic E-state index is 11.4. The summed E-state index contributed by atoms with van der Waals surface area (Å²) in [7, 11) is 0. The van der Waals surface area contributed by atoms with Crippen molar-refractivity contribution in [3.8, 4) is 0 Å². The molecule has 0 aliphatic rings. The Kier molecular flexibility index (Phi) is 15.3. The van der Waals surface area contributed by atoms with Crippen LogP contribution in [0.3, 0.4) is 0 Å². The zero-order chi connectivity index (χ0) is 22.1. The normalized spacial score (nSPS) is 14.3. The molecule has 0 saturated carbocycles. The minimum Gasteiger partial charge on any atom is -0.481 e. The fourth-order valence-electron chi connectivity index (χ4n) is 3.65. The molecule has 7 nitrogen and oxygen atoms in total. The molecule has 4 N–H and O–H groups in total. The summed E-state index contributed by atoms with van der Waals surface area (Å²) in [5.41, 5.74) is -2.55. The molecular weight excluding hydrogens is 376 g/mol. The molecule has 2 unspecified atom stereocenters. The first kappa shape index (κ1) is 27.4. The molecule has 7 heteroatoms. The first-order chi connectivity index (χ1) is 13.8. The van der Waals surface area contributed by atoms with Gasteiger partial charge in [-0.25, -0.2) is 4.79 Å². The lowest BCUT2D eigenvalue weighted by Crippen LogP contribution is -2.50. The van der Waals surface area contributed by atoms with E-state index in [-0.39, 0.29) is 6.42 Å². The van der Waals surface area contributed by atoms with Gasteiger partial charge in [-0.3, -0.25) is 9.59 Å². The van der Waals surface area contributed by atoms with Gasteiger partial charge in [-0.05, 0) is 12.8 Å². The van der Waals surface area contributed by atoms with Crippen molar-refractivity contribution in [2.24, 2.45) is 5.92 Å². The first-order valence-corrected chi connectivity index (χ1v) is 11.2. The van der Waals surface area contributed by atoms with E-state index in [9.17, 15) is 24.6 Å². The quantitative estimate of drug-likeness (QED) is 0.209. The van der Waals surface area contributed by atoms with Crippen molar-refractivity contribution in [1.82, 2.24) is 0 Å². The highest BCUT2D eigenvalue weighted by atomic mass is 16.4. The van der Waals surface area contributed by atoms with Crippen LogP contribution in [0.25, 0.3) is 0 Å². The number of carboxylic acid groups (broad SMARTS) is 3. The zero-order valence-electron chi connectivity index (χ0n) is 17.9. The Labute approximate surface area is 174 Å². The topological polar surface area (TPSA) is 132 Å². The van der Waals surface area contributed by atoms with Crippen LogP contribution in [-0.4, -0.2) is 43.9 Å². The second-order valence-electron chi connectivity index (χ2n) is 8.06. The predicted molar refractivity (Wildman–Crippen MR) is 111 cm³/mol. The summed E-state index contributed by atoms with van der Waals surface area (Å²) in [6.07, 6.45) is 14.5. The third-order valence-electron chi connectivity index (χ3n) is 5.54. The Morgan fingerprint density at radius 3 is 1.38 bits per heavy atom. The summed E-state index contributed by atoms with van der Waals surface area (Å²) < 4.78 is 0. The van der Waals surface area contributed by atoms with Crippen LogP contribution in [0.4, 0.5) is 0 Å². The Morgan fingerprint density at radius 1 is 0.690 bits per heavy atom. The van der Waals surface area contributed by atoms with Crippen LogP contribution in [0.15, 0.2) is 0 Å². The van der Waals surface area contributed by atoms with Gasteiger partial charge in [0, 0.05) is 0 Å². The van der Waals surface area contributed by atoms with E-state index in [4.69, 9.17) is 10.2 Å². The van der Waals surface area contributed by atoms with Crippen molar-refractivity contribution >= 4 is 17.9 Å². The van der Waals surface area contributed by atoms with Gasteiger partial charge in [0.25, 0.3) is 0 Å². The molecule has 29 heavy (non-hydrogen) atoms. The molecular formula is C22H40O7. The van der Waals surface area contributed by atoms with Crippen molar-refractivity contribution in [3.63, 3.8) is 0 Å². The van der Waals surface area contributed by atoms with Gasteiger partial charge in [-0.1, -0.05) is 90.4 Å². The molecule has 2 atom stereocenters. The van der Waals surface area contributed by atoms with E-state index in [0.29, 0.717) is 12.8 Å². The van der Waals surface area contributed by atoms with E-state index in [1.807, 2.05) is 0 Å². The second kappa shape index (κ2) is 16.2. The number of hydrogen-bond donors (Lipinski definition) is 4. The molecule has 170 valence electrons. The summed E-state index contributed by atoms with van der Waals surface area (Å²) in [4.78, 5) is 33.5. The maximum absolute atomic E-state index is 11.4. The van der Waals surface area contributed by atoms with Gasteiger partial charge < -0.3 is 20.4 Å². The lowest BCUT2D eigenvalue weighted by Gasteiger charge is -2.28. The highest BCUT2D eigenvalue weighted by Crippen LogP contribution is 2.28. The van der Waals surface area contributed by atoms with Gasteiger partial charge in [-0.2, -0.15) is 0 Å². The third kappa shape index (κ3) is 12.5. The van der Waals surface area contributed by atoms with Gasteiger partial charge >= 0.3 is 17.9 Å². The monoisotopic (exact) mass is 416 g/mol. The molecule has 0 saturated heterocycles. The Balaban J connectivity index is 3.94. The van der Waals surface area contributed by atoms with Crippen molar-refractivity contribution in [2.75, 3.05) is 0 Å². The fourth-order valence-corrected chi connectivity index (χ4v) is 3.65. The van der Waals surface area contributed by atoms with E-state index in [2.05, 4.69) is 6.92 Å². The summed E-state index contributed by atoms with van der Waals surface area (Å²) in [5, 5.41) is 37.5. The molecule has 0 bridgehead atoms. The van der Waals surface area contributed by atoms with E-state index >= 15 is 0 Å². The van der Waals surface area contributed by atoms with Crippen molar-refractivity contribution in [1.29, 1.82) is 0 Å². The molecule has 0 aromatic heterocycles. The largest absolute Gasteiger partial charge is 0.481 e. The summed E-state index contributed by atoms with van der Waals surface area (Å²) in [6.45, 7) is 2.22. The molecule has 0 heterocycles. The van der Waals surface area contributed by atoms with E-state index in [1.165, 1.54) is 57.8 Å². The highest BCUT2D eigenvalue weighted by Gasteiger charge is 2.48. The SMILES string of the molecule is CCCCCCCCCCCCCCCCC(O)(C(=O)O)C(CC(=O)O)C(=O)O. The summed E-state index contributed by atoms with van der Waals surface area (Å²) in [5.74, 6) is -6.60. The minimum atomic E-state index is -2.55. The third-order valence-corrected chi connectivity index (χ3v) is 5.54. The second-order valence-corrected chi connectivity index (χ2v) is 8.06. The van der Waals surface area contributed by atoms with Crippen LogP contribution in [0, 0.1) is 5.92 Å². The Bertz CT molecular complexity index is 478. The molecule has 0 aliphatic heterocycles. The summed E-state index contributed by atoms with van der Waals surface area (Å²) in [6, 6.07) is 0. The van der Waals surface area contributed by atoms with Crippen LogP contribution in [0.5, 0.6) is 0 Å². The molecule has 0 spiro atoms. The number of hydrogen-bond acceptors (Lipinski definition) is 4. The van der Waals surface area contributed by atoms with Gasteiger partial charge in [0.2, 0.25) is 0 Å². The Hall–Kier alpha value is -1.63. The standard InChI is InChI=1S/C22H40O7/c1-2-3-4-5-6-7-8-9-10-11-12-13-14-15-16-22(29,21(27)28)18(20(25)26)17-19(23)24/h18,29H,2-17H2,1H3,(H,23,24)(H,25,26)(H,27,28). The van der Waals surface area contributed by atoms with Crippen LogP contribution in [-0.2, 0) is 14.4 Å². The van der Waals surface area contributed by atoms with E-state index < -0.39 is 35.8 Å². The number of aliphatic carboxylic acids is 3. The van der Waals surface area contributed by atoms with Crippen molar-refractivity contribution < 1.29 is 34.8 Å². The average Bonchev–Trinajstić information content (AvgIpc) is 2.65. The van der Waals surface area contributed by atoms with Crippen LogP contribution < -0.4 is 0 Å². The number of unbranched alkanes of at least 4 members (excludes halogenated alkanes) is 13. The molecule has 0 aromatic carbocycles. The fraction of sp³-hybridized carbons (Fsp3) is 0.864. The van der Waals surface area contributed by atoms with Gasteiger partial charge in [0.15, 0.2) is 5.60 Å². The van der Waals surface area contributed by atoms with Crippen molar-refractivity contribution in [3.05, 3.63) is 0 Å². The van der Waals surface area contributed by atoms with Crippen LogP contribution in [0.1, 0.15) is 110 Å². The number of aliphatic hydroxyl groups is 1. The lowest BCUT2D eigenvalue weighted by molar-refractivity contribution is -0.178. The average molecular weight is 417 g/mol. The zero-order valence-corrected chi connectivity index (χ0v) is 17.9. The van der Waals surface area contributed by atoms with Gasteiger partial charge in [-0.15, -0.1) is 0 Å². The van der Waals surface area contributed by atoms with Gasteiger partial charge in [0.1, 0.15) is 5.92 Å². The number of carbonyl (C=O) groups is 3. The number of carboxylic acids is 3. The van der Waals surface area contributed by atoms with Crippen LogP contribution >= 0.6 is 0 Å². The molecule has 0 aliphatic carbocycles. The number of rotatable bonds is 20. The lowest BCUT2D eigenvalue weighted by atomic mass is 9.80. The van der Waals surface area contributed by atoms with Gasteiger partial charge in [0.05, 0.1) is 6.42 Å². The molecule has 0 fully saturated rings. The molecule has 0 amide bonds. The highest BCUT2D eigenvalue weighted by molar-refractivity contribution is 5.88. The predicted octanol–water partition coefficient (Wildman–Crippen LogP) is 4.85. The van der Waals surface area contributed by atoms with Crippen LogP contribution in [0.2, 0.25) is 0 Å². The Morgan fingerprint density at radius 2 is 1.07 bits per heavy atom. The van der Waals surface area contributed by atoms with Crippen molar-refractivity contribution in [2.45, 2.75) is 115 Å². The molecule has 0 radical (unpaired) electrons. The molecule has 0 rings (SSSR count). The smallest absolute Gasteiger partial charge is 0.336 e. The van der Waals surface area contributed by atoms with E-state index in [1.54, 1.807) is 0 Å². The summed E-state index contributed by atoms with van der Waals surface area (Å²) >= 11 is 0. The first-order valence-electron chi connectivity index (χ1n) is 11.2.